The molecule has 0 aliphatic heterocycles. The van der Waals surface area contributed by atoms with E-state index in [0.717, 1.165) is 11.2 Å². The van der Waals surface area contributed by atoms with Crippen LogP contribution in [0.2, 0.25) is 10.0 Å². The van der Waals surface area contributed by atoms with Gasteiger partial charge in [-0.05, 0) is 6.07 Å². The van der Waals surface area contributed by atoms with Crippen molar-refractivity contribution in [3.8, 4) is 0 Å². The third kappa shape index (κ3) is 1.29. The predicted molar refractivity (Wildman–Crippen MR) is 53.1 cm³/mol. The molecule has 13 heavy (non-hydrogen) atoms. The van der Waals surface area contributed by atoms with E-state index in [2.05, 4.69) is 4.98 Å². The summed E-state index contributed by atoms with van der Waals surface area (Å²) >= 11 is 11.9. The third-order valence-electron chi connectivity index (χ3n) is 1.86. The second kappa shape index (κ2) is 3.18. The van der Waals surface area contributed by atoms with Crippen LogP contribution in [0.5, 0.6) is 0 Å². The number of halogens is 2. The summed E-state index contributed by atoms with van der Waals surface area (Å²) in [4.78, 5) is 4.11. The van der Waals surface area contributed by atoms with E-state index < -0.39 is 0 Å². The number of aromatic nitrogens is 2. The molecule has 0 unspecified atom stereocenters. The van der Waals surface area contributed by atoms with Crippen molar-refractivity contribution in [1.82, 2.24) is 9.38 Å². The molecule has 0 spiro atoms. The van der Waals surface area contributed by atoms with Crippen molar-refractivity contribution in [1.29, 1.82) is 0 Å². The highest BCUT2D eigenvalue weighted by atomic mass is 35.5. The van der Waals surface area contributed by atoms with Crippen LogP contribution in [-0.4, -0.2) is 9.38 Å². The molecule has 2 aromatic rings. The zero-order valence-electron chi connectivity index (χ0n) is 6.67. The van der Waals surface area contributed by atoms with Gasteiger partial charge in [-0.3, -0.25) is 0 Å². The Morgan fingerprint density at radius 2 is 2.23 bits per heavy atom. The third-order valence-corrected chi connectivity index (χ3v) is 2.66. The second-order valence-electron chi connectivity index (χ2n) is 2.63. The van der Waals surface area contributed by atoms with Gasteiger partial charge in [-0.2, -0.15) is 0 Å². The molecule has 2 heterocycles. The van der Waals surface area contributed by atoms with E-state index in [9.17, 15) is 0 Å². The molecule has 2 N–H and O–H groups in total. The number of nitrogens with zero attached hydrogens (tertiary/aromatic N) is 2. The Bertz CT molecular complexity index is 450. The fourth-order valence-electron chi connectivity index (χ4n) is 1.23. The first-order valence-electron chi connectivity index (χ1n) is 3.73. The van der Waals surface area contributed by atoms with Crippen LogP contribution < -0.4 is 5.73 Å². The average Bonchev–Trinajstić information content (AvgIpc) is 2.55. The Labute approximate surface area is 85.1 Å². The highest BCUT2D eigenvalue weighted by Crippen LogP contribution is 2.27. The van der Waals surface area contributed by atoms with E-state index in [-0.39, 0.29) is 0 Å². The minimum absolute atomic E-state index is 0.358. The van der Waals surface area contributed by atoms with Gasteiger partial charge in [-0.25, -0.2) is 4.98 Å². The number of hydrogen-bond donors (Lipinski definition) is 1. The van der Waals surface area contributed by atoms with Crippen molar-refractivity contribution >= 4 is 28.7 Å². The maximum absolute atomic E-state index is 6.00. The molecule has 0 saturated heterocycles. The van der Waals surface area contributed by atoms with Crippen LogP contribution in [-0.2, 0) is 6.54 Å². The normalized spacial score (nSPS) is 11.0. The highest BCUT2D eigenvalue weighted by molar-refractivity contribution is 6.44. The molecule has 5 heteroatoms. The standard InChI is InChI=1S/C8H7Cl2N3/c9-5-1-2-13-4-12-6(3-11)8(13)7(5)10/h1-2,4H,3,11H2. The number of imidazole rings is 1. The van der Waals surface area contributed by atoms with Gasteiger partial charge in [0.25, 0.3) is 0 Å². The van der Waals surface area contributed by atoms with Crippen LogP contribution in [0.4, 0.5) is 0 Å². The lowest BCUT2D eigenvalue weighted by Crippen LogP contribution is -1.97. The fourth-order valence-corrected chi connectivity index (χ4v) is 1.65. The quantitative estimate of drug-likeness (QED) is 0.793. The zero-order valence-corrected chi connectivity index (χ0v) is 8.18. The number of nitrogens with two attached hydrogens (primary N) is 1. The predicted octanol–water partition coefficient (Wildman–Crippen LogP) is 2.10. The summed E-state index contributed by atoms with van der Waals surface area (Å²) < 4.78 is 1.80. The van der Waals surface area contributed by atoms with Gasteiger partial charge < -0.3 is 10.1 Å². The molecule has 0 aromatic carbocycles. The molecule has 3 nitrogen and oxygen atoms in total. The molecule has 0 bridgehead atoms. The van der Waals surface area contributed by atoms with E-state index in [1.54, 1.807) is 23.0 Å². The zero-order chi connectivity index (χ0) is 9.42. The molecule has 2 aromatic heterocycles. The fraction of sp³-hybridized carbons (Fsp3) is 0.125. The Morgan fingerprint density at radius 3 is 2.92 bits per heavy atom. The Hall–Kier alpha value is -0.770. The lowest BCUT2D eigenvalue weighted by Gasteiger charge is -2.00. The van der Waals surface area contributed by atoms with Gasteiger partial charge in [-0.15, -0.1) is 0 Å². The molecule has 68 valence electrons. The topological polar surface area (TPSA) is 43.3 Å². The first-order chi connectivity index (χ1) is 6.24. The van der Waals surface area contributed by atoms with Gasteiger partial charge in [0.15, 0.2) is 0 Å². The number of fused-ring (bicyclic) bond motifs is 1. The van der Waals surface area contributed by atoms with Gasteiger partial charge in [-0.1, -0.05) is 23.2 Å². The van der Waals surface area contributed by atoms with Crippen molar-refractivity contribution in [3.63, 3.8) is 0 Å². The van der Waals surface area contributed by atoms with Crippen molar-refractivity contribution in [3.05, 3.63) is 34.3 Å². The minimum atomic E-state index is 0.358. The Balaban J connectivity index is 2.85. The summed E-state index contributed by atoms with van der Waals surface area (Å²) in [5, 5.41) is 1.02. The molecule has 0 radical (unpaired) electrons. The largest absolute Gasteiger partial charge is 0.325 e. The molecule has 0 saturated carbocycles. The van der Waals surface area contributed by atoms with Gasteiger partial charge in [0, 0.05) is 12.7 Å². The van der Waals surface area contributed by atoms with Crippen LogP contribution in [0.1, 0.15) is 5.69 Å². The summed E-state index contributed by atoms with van der Waals surface area (Å²) in [7, 11) is 0. The van der Waals surface area contributed by atoms with Crippen LogP contribution in [0.3, 0.4) is 0 Å². The van der Waals surface area contributed by atoms with Gasteiger partial charge >= 0.3 is 0 Å². The van der Waals surface area contributed by atoms with Crippen LogP contribution in [0.25, 0.3) is 5.52 Å². The van der Waals surface area contributed by atoms with Crippen molar-refractivity contribution in [2.75, 3.05) is 0 Å². The maximum atomic E-state index is 6.00. The number of hydrogen-bond acceptors (Lipinski definition) is 2. The summed E-state index contributed by atoms with van der Waals surface area (Å²) in [6.07, 6.45) is 3.47. The second-order valence-corrected chi connectivity index (χ2v) is 3.41. The summed E-state index contributed by atoms with van der Waals surface area (Å²) in [6.45, 7) is 0.358. The van der Waals surface area contributed by atoms with E-state index in [1.165, 1.54) is 0 Å². The minimum Gasteiger partial charge on any atom is -0.325 e. The Morgan fingerprint density at radius 1 is 1.46 bits per heavy atom. The smallest absolute Gasteiger partial charge is 0.0996 e. The molecule has 0 aliphatic rings. The summed E-state index contributed by atoms with van der Waals surface area (Å²) in [5.74, 6) is 0. The van der Waals surface area contributed by atoms with Crippen LogP contribution in [0, 0.1) is 0 Å². The molecule has 0 atom stereocenters. The molecular formula is C8H7Cl2N3. The summed E-state index contributed by atoms with van der Waals surface area (Å²) in [5.41, 5.74) is 7.05. The number of pyridine rings is 1. The molecular weight excluding hydrogens is 209 g/mol. The van der Waals surface area contributed by atoms with Crippen molar-refractivity contribution < 1.29 is 0 Å². The Kier molecular flexibility index (Phi) is 2.15. The van der Waals surface area contributed by atoms with Crippen molar-refractivity contribution in [2.45, 2.75) is 6.54 Å². The summed E-state index contributed by atoms with van der Waals surface area (Å²) in [6, 6.07) is 1.72. The van der Waals surface area contributed by atoms with Gasteiger partial charge in [0.2, 0.25) is 0 Å². The SMILES string of the molecule is NCc1ncn2ccc(Cl)c(Cl)c12. The van der Waals surface area contributed by atoms with Crippen LogP contribution >= 0.6 is 23.2 Å². The maximum Gasteiger partial charge on any atom is 0.0996 e. The van der Waals surface area contributed by atoms with E-state index >= 15 is 0 Å². The van der Waals surface area contributed by atoms with E-state index in [0.29, 0.717) is 16.6 Å². The highest BCUT2D eigenvalue weighted by Gasteiger charge is 2.09. The number of rotatable bonds is 1. The van der Waals surface area contributed by atoms with Gasteiger partial charge in [0.05, 0.1) is 27.6 Å². The van der Waals surface area contributed by atoms with E-state index in [4.69, 9.17) is 28.9 Å². The van der Waals surface area contributed by atoms with Crippen LogP contribution in [0.15, 0.2) is 18.6 Å². The van der Waals surface area contributed by atoms with Gasteiger partial charge in [0.1, 0.15) is 0 Å². The molecule has 0 fully saturated rings. The molecule has 0 aliphatic carbocycles. The lowest BCUT2D eigenvalue weighted by atomic mass is 10.3. The monoisotopic (exact) mass is 215 g/mol. The first kappa shape index (κ1) is 8.81. The lowest BCUT2D eigenvalue weighted by molar-refractivity contribution is 1.02. The van der Waals surface area contributed by atoms with E-state index in [1.807, 2.05) is 0 Å². The van der Waals surface area contributed by atoms with Crippen molar-refractivity contribution in [2.24, 2.45) is 5.73 Å². The first-order valence-corrected chi connectivity index (χ1v) is 4.49. The molecule has 0 amide bonds. The molecule has 2 rings (SSSR count). The average molecular weight is 216 g/mol.